The van der Waals surface area contributed by atoms with Crippen molar-refractivity contribution in [2.75, 3.05) is 6.54 Å². The molecule has 4 nitrogen and oxygen atoms in total. The van der Waals surface area contributed by atoms with Gasteiger partial charge in [0.25, 0.3) is 0 Å². The Morgan fingerprint density at radius 2 is 1.94 bits per heavy atom. The highest BCUT2D eigenvalue weighted by atomic mass is 35.5. The highest BCUT2D eigenvalue weighted by molar-refractivity contribution is 6.30. The highest BCUT2D eigenvalue weighted by Gasteiger charge is 2.17. The van der Waals surface area contributed by atoms with E-state index in [0.717, 1.165) is 5.56 Å². The molecule has 1 amide bonds. The molecule has 0 aliphatic carbocycles. The second kappa shape index (κ2) is 7.13. The zero-order chi connectivity index (χ0) is 13.5. The summed E-state index contributed by atoms with van der Waals surface area (Å²) in [4.78, 5) is 22.9. The van der Waals surface area contributed by atoms with Gasteiger partial charge in [-0.1, -0.05) is 23.7 Å². The molecule has 0 saturated carbocycles. The normalized spacial score (nSPS) is 11.9. The number of benzene rings is 1. The third-order valence-electron chi connectivity index (χ3n) is 2.55. The summed E-state index contributed by atoms with van der Waals surface area (Å²) < 4.78 is 0. The van der Waals surface area contributed by atoms with Crippen LogP contribution in [0.15, 0.2) is 24.3 Å². The molecule has 5 heteroatoms. The predicted octanol–water partition coefficient (Wildman–Crippen LogP) is 1.31. The maximum Gasteiger partial charge on any atom is 0.221 e. The molecule has 18 heavy (non-hydrogen) atoms. The molecule has 0 radical (unpaired) electrons. The van der Waals surface area contributed by atoms with Crippen LogP contribution < -0.4 is 11.1 Å². The number of hydrogen-bond donors (Lipinski definition) is 2. The molecule has 0 saturated heterocycles. The average molecular weight is 269 g/mol. The minimum absolute atomic E-state index is 0.0738. The Balaban J connectivity index is 2.65. The Hall–Kier alpha value is -1.39. The topological polar surface area (TPSA) is 72.2 Å². The van der Waals surface area contributed by atoms with Crippen LogP contribution >= 0.6 is 11.6 Å². The Morgan fingerprint density at radius 1 is 1.33 bits per heavy atom. The first-order valence-corrected chi connectivity index (χ1v) is 6.15. The molecule has 98 valence electrons. The molecule has 0 aliphatic heterocycles. The van der Waals surface area contributed by atoms with Gasteiger partial charge in [0.05, 0.1) is 6.04 Å². The van der Waals surface area contributed by atoms with Crippen LogP contribution in [0.25, 0.3) is 0 Å². The maximum absolute atomic E-state index is 11.5. The van der Waals surface area contributed by atoms with E-state index in [9.17, 15) is 9.59 Å². The van der Waals surface area contributed by atoms with Crippen molar-refractivity contribution in [3.8, 4) is 0 Å². The van der Waals surface area contributed by atoms with Crippen LogP contribution in [-0.2, 0) is 16.0 Å². The van der Waals surface area contributed by atoms with E-state index < -0.39 is 6.04 Å². The van der Waals surface area contributed by atoms with E-state index in [1.54, 1.807) is 12.1 Å². The van der Waals surface area contributed by atoms with Crippen molar-refractivity contribution in [3.05, 3.63) is 34.9 Å². The minimum Gasteiger partial charge on any atom is -0.346 e. The molecule has 0 spiro atoms. The van der Waals surface area contributed by atoms with Crippen molar-refractivity contribution in [2.24, 2.45) is 5.73 Å². The molecule has 1 aromatic carbocycles. The summed E-state index contributed by atoms with van der Waals surface area (Å²) >= 11 is 5.79. The Labute approximate surface area is 112 Å². The fourth-order valence-electron chi connectivity index (χ4n) is 1.55. The molecule has 0 bridgehead atoms. The van der Waals surface area contributed by atoms with Crippen LogP contribution in [0.3, 0.4) is 0 Å². The van der Waals surface area contributed by atoms with Crippen molar-refractivity contribution in [1.82, 2.24) is 5.32 Å². The number of hydrogen-bond acceptors (Lipinski definition) is 3. The van der Waals surface area contributed by atoms with Gasteiger partial charge in [-0.3, -0.25) is 9.59 Å². The molecular weight excluding hydrogens is 252 g/mol. The Bertz CT molecular complexity index is 418. The van der Waals surface area contributed by atoms with Crippen molar-refractivity contribution >= 4 is 23.3 Å². The number of carbonyl (C=O) groups is 2. The summed E-state index contributed by atoms with van der Waals surface area (Å²) in [7, 11) is 0. The van der Waals surface area contributed by atoms with Gasteiger partial charge in [-0.05, 0) is 31.0 Å². The monoisotopic (exact) mass is 268 g/mol. The quantitative estimate of drug-likeness (QED) is 0.817. The van der Waals surface area contributed by atoms with Crippen LogP contribution in [0.4, 0.5) is 0 Å². The summed E-state index contributed by atoms with van der Waals surface area (Å²) in [5, 5.41) is 3.32. The highest BCUT2D eigenvalue weighted by Crippen LogP contribution is 2.11. The van der Waals surface area contributed by atoms with Gasteiger partial charge in [0, 0.05) is 18.0 Å². The molecule has 0 heterocycles. The first-order chi connectivity index (χ1) is 8.52. The molecule has 3 N–H and O–H groups in total. The zero-order valence-corrected chi connectivity index (χ0v) is 11.0. The van der Waals surface area contributed by atoms with Crippen LogP contribution in [0, 0.1) is 0 Å². The summed E-state index contributed by atoms with van der Waals surface area (Å²) in [6.07, 6.45) is 0.688. The van der Waals surface area contributed by atoms with Gasteiger partial charge in [0.1, 0.15) is 0 Å². The summed E-state index contributed by atoms with van der Waals surface area (Å²) in [5.74, 6) is -0.276. The van der Waals surface area contributed by atoms with Gasteiger partial charge in [0.15, 0.2) is 5.78 Å². The maximum atomic E-state index is 11.5. The van der Waals surface area contributed by atoms with E-state index in [1.807, 2.05) is 12.1 Å². The van der Waals surface area contributed by atoms with Crippen LogP contribution in [0.5, 0.6) is 0 Å². The number of carbonyl (C=O) groups excluding carboxylic acids is 2. The van der Waals surface area contributed by atoms with Crippen molar-refractivity contribution in [2.45, 2.75) is 25.8 Å². The number of amides is 1. The van der Waals surface area contributed by atoms with Gasteiger partial charge in [0.2, 0.25) is 5.91 Å². The van der Waals surface area contributed by atoms with Crippen LogP contribution in [0.1, 0.15) is 18.9 Å². The van der Waals surface area contributed by atoms with Gasteiger partial charge in [-0.25, -0.2) is 0 Å². The molecule has 1 aromatic rings. The number of Topliss-reactive ketones (excluding diaryl/α,β-unsaturated/α-hetero) is 1. The lowest BCUT2D eigenvalue weighted by atomic mass is 10.0. The largest absolute Gasteiger partial charge is 0.346 e. The Kier molecular flexibility index (Phi) is 5.82. The van der Waals surface area contributed by atoms with E-state index in [1.165, 1.54) is 6.92 Å². The summed E-state index contributed by atoms with van der Waals surface area (Å²) in [6.45, 7) is 1.74. The average Bonchev–Trinajstić information content (AvgIpc) is 2.31. The Morgan fingerprint density at radius 3 is 2.44 bits per heavy atom. The standard InChI is InChI=1S/C13H17ClN2O2/c1-9(17)12(16-13(18)6-7-15)8-10-2-4-11(14)5-3-10/h2-5,12H,6-8,15H2,1H3,(H,16,18). The van der Waals surface area contributed by atoms with Crippen LogP contribution in [-0.4, -0.2) is 24.3 Å². The fraction of sp³-hybridized carbons (Fsp3) is 0.385. The lowest BCUT2D eigenvalue weighted by Gasteiger charge is -2.15. The van der Waals surface area contributed by atoms with E-state index >= 15 is 0 Å². The van der Waals surface area contributed by atoms with Gasteiger partial charge >= 0.3 is 0 Å². The second-order valence-corrected chi connectivity index (χ2v) is 4.54. The second-order valence-electron chi connectivity index (χ2n) is 4.10. The SMILES string of the molecule is CC(=O)C(Cc1ccc(Cl)cc1)NC(=O)CCN. The van der Waals surface area contributed by atoms with Gasteiger partial charge in [-0.15, -0.1) is 0 Å². The molecule has 1 rings (SSSR count). The molecule has 0 fully saturated rings. The number of rotatable bonds is 6. The number of nitrogens with one attached hydrogen (secondary N) is 1. The van der Waals surface area contributed by atoms with Gasteiger partial charge < -0.3 is 11.1 Å². The number of ketones is 1. The molecular formula is C13H17ClN2O2. The van der Waals surface area contributed by atoms with Crippen LogP contribution in [0.2, 0.25) is 5.02 Å². The molecule has 0 aliphatic rings. The molecule has 1 unspecified atom stereocenters. The van der Waals surface area contributed by atoms with Crippen molar-refractivity contribution in [1.29, 1.82) is 0 Å². The number of nitrogens with two attached hydrogens (primary N) is 1. The van der Waals surface area contributed by atoms with Gasteiger partial charge in [-0.2, -0.15) is 0 Å². The van der Waals surface area contributed by atoms with E-state index in [4.69, 9.17) is 17.3 Å². The lowest BCUT2D eigenvalue weighted by molar-refractivity contribution is -0.126. The number of halogens is 1. The van der Waals surface area contributed by atoms with E-state index in [2.05, 4.69) is 5.32 Å². The lowest BCUT2D eigenvalue weighted by Crippen LogP contribution is -2.41. The first-order valence-electron chi connectivity index (χ1n) is 5.77. The zero-order valence-electron chi connectivity index (χ0n) is 10.3. The molecule has 1 atom stereocenters. The smallest absolute Gasteiger partial charge is 0.221 e. The van der Waals surface area contributed by atoms with Crippen molar-refractivity contribution < 1.29 is 9.59 Å². The molecule has 0 aromatic heterocycles. The predicted molar refractivity (Wildman–Crippen MR) is 71.4 cm³/mol. The van der Waals surface area contributed by atoms with E-state index in [-0.39, 0.29) is 24.7 Å². The minimum atomic E-state index is -0.509. The summed E-state index contributed by atoms with van der Waals surface area (Å²) in [5.41, 5.74) is 6.24. The van der Waals surface area contributed by atoms with Crippen molar-refractivity contribution in [3.63, 3.8) is 0 Å². The third-order valence-corrected chi connectivity index (χ3v) is 2.80. The summed E-state index contributed by atoms with van der Waals surface area (Å²) in [6, 6.07) is 6.69. The van der Waals surface area contributed by atoms with E-state index in [0.29, 0.717) is 11.4 Å². The third kappa shape index (κ3) is 4.85. The fourth-order valence-corrected chi connectivity index (χ4v) is 1.68. The first kappa shape index (κ1) is 14.7.